The maximum absolute atomic E-state index is 12.3. The minimum absolute atomic E-state index is 0.147. The van der Waals surface area contributed by atoms with Crippen LogP contribution in [0.4, 0.5) is 0 Å². The Bertz CT molecular complexity index is 505. The first-order valence-corrected chi connectivity index (χ1v) is 8.16. The van der Waals surface area contributed by atoms with E-state index in [2.05, 4.69) is 11.6 Å². The van der Waals surface area contributed by atoms with Gasteiger partial charge in [-0.1, -0.05) is 25.1 Å². The molecule has 1 aliphatic rings. The van der Waals surface area contributed by atoms with E-state index in [0.717, 1.165) is 12.8 Å². The van der Waals surface area contributed by atoms with Gasteiger partial charge < -0.3 is 5.11 Å². The molecule has 2 N–H and O–H groups in total. The van der Waals surface area contributed by atoms with Crippen molar-refractivity contribution in [3.63, 3.8) is 0 Å². The fourth-order valence-electron chi connectivity index (χ4n) is 2.55. The Labute approximate surface area is 114 Å². The van der Waals surface area contributed by atoms with Gasteiger partial charge in [0.1, 0.15) is 0 Å². The lowest BCUT2D eigenvalue weighted by Crippen LogP contribution is -2.53. The van der Waals surface area contributed by atoms with Gasteiger partial charge in [-0.15, -0.1) is 0 Å². The topological polar surface area (TPSA) is 66.4 Å². The second-order valence-corrected chi connectivity index (χ2v) is 7.22. The van der Waals surface area contributed by atoms with Crippen LogP contribution in [0.5, 0.6) is 0 Å². The zero-order valence-corrected chi connectivity index (χ0v) is 12.0. The van der Waals surface area contributed by atoms with E-state index < -0.39 is 15.6 Å². The number of hydrogen-bond donors (Lipinski definition) is 2. The molecule has 0 bridgehead atoms. The van der Waals surface area contributed by atoms with Crippen molar-refractivity contribution in [3.8, 4) is 0 Å². The van der Waals surface area contributed by atoms with E-state index >= 15 is 0 Å². The monoisotopic (exact) mass is 283 g/mol. The number of rotatable bonds is 4. The van der Waals surface area contributed by atoms with E-state index in [-0.39, 0.29) is 11.5 Å². The highest BCUT2D eigenvalue weighted by Gasteiger charge is 2.37. The van der Waals surface area contributed by atoms with E-state index in [1.807, 2.05) is 0 Å². The molecule has 1 saturated carbocycles. The predicted molar refractivity (Wildman–Crippen MR) is 74.2 cm³/mol. The first-order valence-electron chi connectivity index (χ1n) is 6.67. The molecule has 4 nitrogen and oxygen atoms in total. The molecule has 1 aliphatic carbocycles. The van der Waals surface area contributed by atoms with E-state index in [1.54, 1.807) is 30.3 Å². The molecular weight excluding hydrogens is 262 g/mol. The Morgan fingerprint density at radius 1 is 1.26 bits per heavy atom. The van der Waals surface area contributed by atoms with Gasteiger partial charge in [0, 0.05) is 0 Å². The van der Waals surface area contributed by atoms with Gasteiger partial charge >= 0.3 is 0 Å². The van der Waals surface area contributed by atoms with Gasteiger partial charge in [0.05, 0.1) is 17.0 Å². The van der Waals surface area contributed by atoms with E-state index in [9.17, 15) is 13.5 Å². The van der Waals surface area contributed by atoms with Crippen molar-refractivity contribution in [3.05, 3.63) is 30.3 Å². The van der Waals surface area contributed by atoms with E-state index in [0.29, 0.717) is 18.8 Å². The smallest absolute Gasteiger partial charge is 0.241 e. The standard InChI is InChI=1S/C14H21NO3S/c1-12-7-9-14(11-16,10-8-12)15-19(17,18)13-5-3-2-4-6-13/h2-6,12,15-16H,7-11H2,1H3. The van der Waals surface area contributed by atoms with Gasteiger partial charge in [0.2, 0.25) is 10.0 Å². The molecular formula is C14H21NO3S. The minimum Gasteiger partial charge on any atom is -0.394 e. The Kier molecular flexibility index (Phi) is 4.28. The largest absolute Gasteiger partial charge is 0.394 e. The molecule has 0 amide bonds. The Hall–Kier alpha value is -0.910. The summed E-state index contributed by atoms with van der Waals surface area (Å²) in [6.45, 7) is 2.01. The summed E-state index contributed by atoms with van der Waals surface area (Å²) in [5.41, 5.74) is -0.693. The number of sulfonamides is 1. The van der Waals surface area contributed by atoms with E-state index in [4.69, 9.17) is 0 Å². The summed E-state index contributed by atoms with van der Waals surface area (Å²) in [7, 11) is -3.56. The summed E-state index contributed by atoms with van der Waals surface area (Å²) in [4.78, 5) is 0.251. The highest BCUT2D eigenvalue weighted by molar-refractivity contribution is 7.89. The van der Waals surface area contributed by atoms with Gasteiger partial charge in [-0.2, -0.15) is 0 Å². The summed E-state index contributed by atoms with van der Waals surface area (Å²) in [5, 5.41) is 9.61. The lowest BCUT2D eigenvalue weighted by atomic mass is 9.78. The maximum atomic E-state index is 12.3. The third-order valence-electron chi connectivity index (χ3n) is 3.94. The molecule has 0 saturated heterocycles. The summed E-state index contributed by atoms with van der Waals surface area (Å²) < 4.78 is 27.4. The van der Waals surface area contributed by atoms with Gasteiger partial charge in [-0.25, -0.2) is 13.1 Å². The van der Waals surface area contributed by atoms with Crippen LogP contribution < -0.4 is 4.72 Å². The number of aliphatic hydroxyl groups is 1. The van der Waals surface area contributed by atoms with Crippen molar-refractivity contribution in [2.45, 2.75) is 43.0 Å². The second-order valence-electron chi connectivity index (χ2n) is 5.54. The van der Waals surface area contributed by atoms with Crippen LogP contribution >= 0.6 is 0 Å². The van der Waals surface area contributed by atoms with Gasteiger partial charge in [0.25, 0.3) is 0 Å². The summed E-state index contributed by atoms with van der Waals surface area (Å²) in [6, 6.07) is 8.31. The molecule has 1 aromatic carbocycles. The van der Waals surface area contributed by atoms with Crippen LogP contribution in [0.3, 0.4) is 0 Å². The van der Waals surface area contributed by atoms with Crippen LogP contribution in [-0.4, -0.2) is 25.7 Å². The quantitative estimate of drug-likeness (QED) is 0.887. The number of hydrogen-bond acceptors (Lipinski definition) is 3. The summed E-state index contributed by atoms with van der Waals surface area (Å²) >= 11 is 0. The fourth-order valence-corrected chi connectivity index (χ4v) is 4.02. The molecule has 19 heavy (non-hydrogen) atoms. The number of nitrogens with one attached hydrogen (secondary N) is 1. The van der Waals surface area contributed by atoms with Gasteiger partial charge in [-0.05, 0) is 43.7 Å². The first kappa shape index (κ1) is 14.5. The molecule has 5 heteroatoms. The average Bonchev–Trinajstić information content (AvgIpc) is 2.42. The van der Waals surface area contributed by atoms with Crippen LogP contribution in [0, 0.1) is 5.92 Å². The minimum atomic E-state index is -3.56. The number of benzene rings is 1. The van der Waals surface area contributed by atoms with Gasteiger partial charge in [0.15, 0.2) is 0 Å². The van der Waals surface area contributed by atoms with Crippen molar-refractivity contribution >= 4 is 10.0 Å². The van der Waals surface area contributed by atoms with Crippen LogP contribution in [0.1, 0.15) is 32.6 Å². The zero-order valence-electron chi connectivity index (χ0n) is 11.2. The van der Waals surface area contributed by atoms with Gasteiger partial charge in [-0.3, -0.25) is 0 Å². The molecule has 0 atom stereocenters. The molecule has 0 radical (unpaired) electrons. The van der Waals surface area contributed by atoms with Crippen LogP contribution in [0.2, 0.25) is 0 Å². The molecule has 0 aromatic heterocycles. The number of aliphatic hydroxyl groups excluding tert-OH is 1. The fraction of sp³-hybridized carbons (Fsp3) is 0.571. The Morgan fingerprint density at radius 2 is 1.84 bits per heavy atom. The molecule has 0 heterocycles. The predicted octanol–water partition coefficient (Wildman–Crippen LogP) is 1.91. The third-order valence-corrected chi connectivity index (χ3v) is 5.53. The van der Waals surface area contributed by atoms with Crippen LogP contribution in [0.25, 0.3) is 0 Å². The van der Waals surface area contributed by atoms with E-state index in [1.165, 1.54) is 0 Å². The SMILES string of the molecule is CC1CCC(CO)(NS(=O)(=O)c2ccccc2)CC1. The normalized spacial score (nSPS) is 28.2. The molecule has 2 rings (SSSR count). The highest BCUT2D eigenvalue weighted by atomic mass is 32.2. The molecule has 0 aliphatic heterocycles. The zero-order chi connectivity index (χ0) is 13.9. The molecule has 106 valence electrons. The molecule has 1 aromatic rings. The first-order chi connectivity index (χ1) is 8.97. The lowest BCUT2D eigenvalue weighted by molar-refractivity contribution is 0.125. The Balaban J connectivity index is 2.19. The van der Waals surface area contributed by atoms with Crippen LogP contribution in [0.15, 0.2) is 35.2 Å². The van der Waals surface area contributed by atoms with Crippen molar-refractivity contribution in [2.75, 3.05) is 6.61 Å². The molecule has 0 unspecified atom stereocenters. The molecule has 1 fully saturated rings. The van der Waals surface area contributed by atoms with Crippen molar-refractivity contribution in [1.82, 2.24) is 4.72 Å². The highest BCUT2D eigenvalue weighted by Crippen LogP contribution is 2.32. The van der Waals surface area contributed by atoms with Crippen LogP contribution in [-0.2, 0) is 10.0 Å². The average molecular weight is 283 g/mol. The molecule has 0 spiro atoms. The van der Waals surface area contributed by atoms with Crippen molar-refractivity contribution in [1.29, 1.82) is 0 Å². The second kappa shape index (κ2) is 5.61. The van der Waals surface area contributed by atoms with Crippen molar-refractivity contribution < 1.29 is 13.5 Å². The third kappa shape index (κ3) is 3.35. The lowest BCUT2D eigenvalue weighted by Gasteiger charge is -2.38. The summed E-state index contributed by atoms with van der Waals surface area (Å²) in [5.74, 6) is 0.598. The maximum Gasteiger partial charge on any atom is 0.241 e. The Morgan fingerprint density at radius 3 is 2.37 bits per heavy atom. The van der Waals surface area contributed by atoms with Crippen molar-refractivity contribution in [2.24, 2.45) is 5.92 Å². The summed E-state index contributed by atoms with van der Waals surface area (Å²) in [6.07, 6.45) is 3.27.